The molecule has 11 heteroatoms. The minimum atomic E-state index is -4.40. The molecule has 0 aliphatic carbocycles. The molecule has 2 heterocycles. The maximum absolute atomic E-state index is 12.9. The third kappa shape index (κ3) is 4.66. The minimum Gasteiger partial charge on any atom is -0.311 e. The van der Waals surface area contributed by atoms with Crippen LogP contribution in [-0.4, -0.2) is 44.3 Å². The first-order chi connectivity index (χ1) is 15.5. The zero-order valence-corrected chi connectivity index (χ0v) is 19.4. The molecule has 0 unspecified atom stereocenters. The van der Waals surface area contributed by atoms with E-state index in [4.69, 9.17) is 0 Å². The number of benzene rings is 2. The van der Waals surface area contributed by atoms with Crippen LogP contribution >= 0.6 is 11.3 Å². The predicted molar refractivity (Wildman–Crippen MR) is 120 cm³/mol. The second kappa shape index (κ2) is 8.54. The van der Waals surface area contributed by atoms with Gasteiger partial charge in [0, 0.05) is 37.3 Å². The Kier molecular flexibility index (Phi) is 6.06. The number of thiazole rings is 1. The Labute approximate surface area is 193 Å². The Balaban J connectivity index is 1.48. The zero-order chi connectivity index (χ0) is 24.0. The Morgan fingerprint density at radius 1 is 1.15 bits per heavy atom. The van der Waals surface area contributed by atoms with Gasteiger partial charge in [-0.3, -0.25) is 4.79 Å². The van der Waals surface area contributed by atoms with Gasteiger partial charge in [-0.2, -0.15) is 13.2 Å². The number of hydrogen-bond acceptors (Lipinski definition) is 5. The molecule has 1 aliphatic heterocycles. The van der Waals surface area contributed by atoms with Gasteiger partial charge < -0.3 is 4.90 Å². The van der Waals surface area contributed by atoms with Gasteiger partial charge in [0.05, 0.1) is 22.6 Å². The number of amides is 1. The average Bonchev–Trinajstić information content (AvgIpc) is 3.39. The number of sulfonamides is 1. The number of halogens is 3. The third-order valence-corrected chi connectivity index (χ3v) is 8.12. The molecule has 0 bridgehead atoms. The topological polar surface area (TPSA) is 70.6 Å². The molecule has 0 fully saturated rings. The lowest BCUT2D eigenvalue weighted by molar-refractivity contribution is -0.137. The monoisotopic (exact) mass is 495 g/mol. The number of anilines is 1. The van der Waals surface area contributed by atoms with Crippen molar-refractivity contribution in [3.05, 3.63) is 64.7 Å². The van der Waals surface area contributed by atoms with Crippen LogP contribution in [0.4, 0.5) is 18.9 Å². The molecule has 4 rings (SSSR count). The number of rotatable bonds is 5. The highest BCUT2D eigenvalue weighted by atomic mass is 32.2. The van der Waals surface area contributed by atoms with Crippen molar-refractivity contribution in [1.82, 2.24) is 9.29 Å². The van der Waals surface area contributed by atoms with Crippen molar-refractivity contribution in [2.24, 2.45) is 0 Å². The SMILES string of the molecule is CN(C)S(=O)(=O)c1ccc2c(c1)CCN2C(=O)Cc1csc(-c2ccc(C(F)(F)F)cc2)n1. The highest BCUT2D eigenvalue weighted by molar-refractivity contribution is 7.89. The van der Waals surface area contributed by atoms with E-state index in [2.05, 4.69) is 4.98 Å². The van der Waals surface area contributed by atoms with Crippen molar-refractivity contribution in [2.45, 2.75) is 23.9 Å². The van der Waals surface area contributed by atoms with E-state index in [1.807, 2.05) is 0 Å². The van der Waals surface area contributed by atoms with Gasteiger partial charge in [-0.15, -0.1) is 11.3 Å². The normalized spacial score (nSPS) is 14.1. The Morgan fingerprint density at radius 2 is 1.85 bits per heavy atom. The molecule has 1 aliphatic rings. The quantitative estimate of drug-likeness (QED) is 0.532. The maximum Gasteiger partial charge on any atom is 0.416 e. The molecular formula is C22H20F3N3O3S2. The lowest BCUT2D eigenvalue weighted by Crippen LogP contribution is -2.30. The molecule has 0 saturated heterocycles. The molecule has 0 saturated carbocycles. The van der Waals surface area contributed by atoms with Crippen LogP contribution in [0.2, 0.25) is 0 Å². The molecule has 0 radical (unpaired) electrons. The first kappa shape index (κ1) is 23.4. The van der Waals surface area contributed by atoms with Crippen molar-refractivity contribution in [1.29, 1.82) is 0 Å². The van der Waals surface area contributed by atoms with Crippen LogP contribution in [0.3, 0.4) is 0 Å². The van der Waals surface area contributed by atoms with Gasteiger partial charge in [-0.1, -0.05) is 12.1 Å². The van der Waals surface area contributed by atoms with E-state index in [0.29, 0.717) is 34.9 Å². The highest BCUT2D eigenvalue weighted by Gasteiger charge is 2.30. The largest absolute Gasteiger partial charge is 0.416 e. The summed E-state index contributed by atoms with van der Waals surface area (Å²) in [4.78, 5) is 19.1. The minimum absolute atomic E-state index is 0.0360. The highest BCUT2D eigenvalue weighted by Crippen LogP contribution is 2.33. The molecule has 6 nitrogen and oxygen atoms in total. The summed E-state index contributed by atoms with van der Waals surface area (Å²) in [7, 11) is -0.634. The van der Waals surface area contributed by atoms with Gasteiger partial charge in [0.25, 0.3) is 0 Å². The fourth-order valence-corrected chi connectivity index (χ4v) is 5.36. The van der Waals surface area contributed by atoms with Crippen molar-refractivity contribution in [3.8, 4) is 10.6 Å². The molecule has 0 N–H and O–H groups in total. The smallest absolute Gasteiger partial charge is 0.311 e. The van der Waals surface area contributed by atoms with Crippen LogP contribution in [-0.2, 0) is 33.8 Å². The molecule has 3 aromatic rings. The first-order valence-corrected chi connectivity index (χ1v) is 12.3. The van der Waals surface area contributed by atoms with E-state index in [-0.39, 0.29) is 17.2 Å². The standard InChI is InChI=1S/C22H20F3N3O3S2/c1-27(2)33(30,31)18-7-8-19-15(11-18)9-10-28(19)20(29)12-17-13-32-21(26-17)14-3-5-16(6-4-14)22(23,24)25/h3-8,11,13H,9-10,12H2,1-2H3. The lowest BCUT2D eigenvalue weighted by Gasteiger charge is -2.17. The molecule has 0 atom stereocenters. The van der Waals surface area contributed by atoms with Crippen molar-refractivity contribution >= 4 is 33.0 Å². The Hall–Kier alpha value is -2.76. The van der Waals surface area contributed by atoms with E-state index in [9.17, 15) is 26.4 Å². The summed E-state index contributed by atoms with van der Waals surface area (Å²) in [6, 6.07) is 9.48. The second-order valence-corrected chi connectivity index (χ2v) is 10.8. The molecule has 174 valence electrons. The molecule has 1 aromatic heterocycles. The van der Waals surface area contributed by atoms with Gasteiger partial charge in [0.1, 0.15) is 5.01 Å². The van der Waals surface area contributed by atoms with Crippen LogP contribution in [0, 0.1) is 0 Å². The number of carbonyl (C=O) groups excluding carboxylic acids is 1. The fraction of sp³-hybridized carbons (Fsp3) is 0.273. The van der Waals surface area contributed by atoms with Crippen LogP contribution in [0.25, 0.3) is 10.6 Å². The van der Waals surface area contributed by atoms with Crippen LogP contribution in [0.1, 0.15) is 16.8 Å². The molecule has 0 spiro atoms. The lowest BCUT2D eigenvalue weighted by atomic mass is 10.1. The van der Waals surface area contributed by atoms with Crippen LogP contribution < -0.4 is 4.90 Å². The number of nitrogens with zero attached hydrogens (tertiary/aromatic N) is 3. The van der Waals surface area contributed by atoms with Gasteiger partial charge >= 0.3 is 6.18 Å². The fourth-order valence-electron chi connectivity index (χ4n) is 3.58. The molecule has 33 heavy (non-hydrogen) atoms. The van der Waals surface area contributed by atoms with E-state index in [0.717, 1.165) is 22.0 Å². The van der Waals surface area contributed by atoms with Gasteiger partial charge in [-0.25, -0.2) is 17.7 Å². The summed E-state index contributed by atoms with van der Waals surface area (Å²) in [5.74, 6) is -0.179. The Morgan fingerprint density at radius 3 is 2.48 bits per heavy atom. The summed E-state index contributed by atoms with van der Waals surface area (Å²) in [6.45, 7) is 0.440. The Bertz CT molecular complexity index is 1300. The number of carbonyl (C=O) groups is 1. The van der Waals surface area contributed by atoms with Crippen molar-refractivity contribution < 1.29 is 26.4 Å². The number of hydrogen-bond donors (Lipinski definition) is 0. The number of fused-ring (bicyclic) bond motifs is 1. The van der Waals surface area contributed by atoms with E-state index < -0.39 is 21.8 Å². The predicted octanol–water partition coefficient (Wildman–Crippen LogP) is 4.21. The van der Waals surface area contributed by atoms with Crippen LogP contribution in [0.5, 0.6) is 0 Å². The zero-order valence-electron chi connectivity index (χ0n) is 17.8. The van der Waals surface area contributed by atoms with E-state index in [1.54, 1.807) is 22.4 Å². The van der Waals surface area contributed by atoms with Crippen molar-refractivity contribution in [2.75, 3.05) is 25.5 Å². The van der Waals surface area contributed by atoms with E-state index in [1.165, 1.54) is 43.6 Å². The second-order valence-electron chi connectivity index (χ2n) is 7.77. The maximum atomic E-state index is 12.9. The average molecular weight is 496 g/mol. The van der Waals surface area contributed by atoms with Crippen LogP contribution in [0.15, 0.2) is 52.7 Å². The summed E-state index contributed by atoms with van der Waals surface area (Å²) in [5, 5.41) is 2.25. The summed E-state index contributed by atoms with van der Waals surface area (Å²) >= 11 is 1.26. The van der Waals surface area contributed by atoms with E-state index >= 15 is 0 Å². The number of aromatic nitrogens is 1. The molecular weight excluding hydrogens is 475 g/mol. The van der Waals surface area contributed by atoms with Gasteiger partial charge in [-0.05, 0) is 42.3 Å². The number of alkyl halides is 3. The first-order valence-electron chi connectivity index (χ1n) is 9.94. The molecule has 2 aromatic carbocycles. The van der Waals surface area contributed by atoms with Crippen molar-refractivity contribution in [3.63, 3.8) is 0 Å². The summed E-state index contributed by atoms with van der Waals surface area (Å²) in [6.07, 6.45) is -3.82. The molecule has 1 amide bonds. The summed E-state index contributed by atoms with van der Waals surface area (Å²) < 4.78 is 64.1. The third-order valence-electron chi connectivity index (χ3n) is 5.37. The van der Waals surface area contributed by atoms with Gasteiger partial charge in [0.15, 0.2) is 0 Å². The summed E-state index contributed by atoms with van der Waals surface area (Å²) in [5.41, 5.74) is 1.81. The van der Waals surface area contributed by atoms with Gasteiger partial charge in [0.2, 0.25) is 15.9 Å².